The second-order valence-corrected chi connectivity index (χ2v) is 3.76. The monoisotopic (exact) mass is 212 g/mol. The number of non-ortho nitro benzene ring substituents is 1. The summed E-state index contributed by atoms with van der Waals surface area (Å²) in [5, 5.41) is 10.5. The molecule has 0 unspecified atom stereocenters. The van der Waals surface area contributed by atoms with Crippen LogP contribution >= 0.6 is 11.3 Å². The Morgan fingerprint density at radius 3 is 2.79 bits per heavy atom. The van der Waals surface area contributed by atoms with Gasteiger partial charge in [-0.25, -0.2) is 0 Å². The van der Waals surface area contributed by atoms with Crippen LogP contribution < -0.4 is 5.73 Å². The van der Waals surface area contributed by atoms with E-state index in [1.165, 1.54) is 18.2 Å². The zero-order valence-corrected chi connectivity index (χ0v) is 7.68. The second-order valence-electron chi connectivity index (χ2n) is 2.76. The Hall–Kier alpha value is -1.69. The molecule has 0 aliphatic heterocycles. The summed E-state index contributed by atoms with van der Waals surface area (Å²) < 4.78 is 13.4. The SMILES string of the molecule is Nc1cc([N+](=O)[O-])cc2cc(F)sc12. The number of benzene rings is 1. The summed E-state index contributed by atoms with van der Waals surface area (Å²) >= 11 is 0.885. The van der Waals surface area contributed by atoms with Gasteiger partial charge in [-0.2, -0.15) is 4.39 Å². The fourth-order valence-electron chi connectivity index (χ4n) is 1.24. The number of hydrogen-bond acceptors (Lipinski definition) is 4. The molecule has 2 aromatic rings. The third-order valence-corrected chi connectivity index (χ3v) is 2.80. The number of nitrogens with zero attached hydrogens (tertiary/aromatic N) is 1. The molecule has 0 saturated heterocycles. The van der Waals surface area contributed by atoms with Gasteiger partial charge in [-0.15, -0.1) is 11.3 Å². The molecule has 14 heavy (non-hydrogen) atoms. The third-order valence-electron chi connectivity index (χ3n) is 1.81. The first-order chi connectivity index (χ1) is 6.58. The summed E-state index contributed by atoms with van der Waals surface area (Å²) in [5.74, 6) is 0. The van der Waals surface area contributed by atoms with Crippen LogP contribution in [0, 0.1) is 15.2 Å². The van der Waals surface area contributed by atoms with Gasteiger partial charge < -0.3 is 5.73 Å². The highest BCUT2D eigenvalue weighted by Gasteiger charge is 2.12. The molecule has 2 rings (SSSR count). The molecule has 0 atom stereocenters. The van der Waals surface area contributed by atoms with E-state index in [2.05, 4.69) is 0 Å². The molecule has 6 heteroatoms. The average Bonchev–Trinajstić information content (AvgIpc) is 2.45. The van der Waals surface area contributed by atoms with Crippen LogP contribution in [0.2, 0.25) is 0 Å². The van der Waals surface area contributed by atoms with Crippen molar-refractivity contribution in [3.63, 3.8) is 0 Å². The lowest BCUT2D eigenvalue weighted by Gasteiger charge is -1.95. The Balaban J connectivity index is 2.77. The molecular formula is C8H5FN2O2S. The van der Waals surface area contributed by atoms with E-state index in [9.17, 15) is 14.5 Å². The molecule has 1 heterocycles. The Morgan fingerprint density at radius 1 is 1.43 bits per heavy atom. The van der Waals surface area contributed by atoms with Gasteiger partial charge in [0.1, 0.15) is 0 Å². The number of fused-ring (bicyclic) bond motifs is 1. The molecule has 0 aliphatic rings. The van der Waals surface area contributed by atoms with Crippen molar-refractivity contribution < 1.29 is 9.31 Å². The number of nitrogens with two attached hydrogens (primary N) is 1. The smallest absolute Gasteiger partial charge is 0.272 e. The van der Waals surface area contributed by atoms with E-state index in [0.29, 0.717) is 10.1 Å². The number of rotatable bonds is 1. The van der Waals surface area contributed by atoms with Crippen LogP contribution in [0.15, 0.2) is 18.2 Å². The molecule has 4 nitrogen and oxygen atoms in total. The highest BCUT2D eigenvalue weighted by atomic mass is 32.1. The van der Waals surface area contributed by atoms with Crippen LogP contribution in [0.1, 0.15) is 0 Å². The van der Waals surface area contributed by atoms with E-state index >= 15 is 0 Å². The van der Waals surface area contributed by atoms with Crippen LogP contribution in [0.3, 0.4) is 0 Å². The van der Waals surface area contributed by atoms with E-state index in [0.717, 1.165) is 11.3 Å². The van der Waals surface area contributed by atoms with Gasteiger partial charge in [0.05, 0.1) is 15.3 Å². The summed E-state index contributed by atoms with van der Waals surface area (Å²) in [6, 6.07) is 3.78. The summed E-state index contributed by atoms with van der Waals surface area (Å²) in [6.45, 7) is 0. The van der Waals surface area contributed by atoms with Gasteiger partial charge >= 0.3 is 0 Å². The van der Waals surface area contributed by atoms with Crippen LogP contribution in [0.4, 0.5) is 15.8 Å². The highest BCUT2D eigenvalue weighted by Crippen LogP contribution is 2.33. The van der Waals surface area contributed by atoms with Crippen molar-refractivity contribution in [3.05, 3.63) is 33.4 Å². The fraction of sp³-hybridized carbons (Fsp3) is 0. The van der Waals surface area contributed by atoms with Gasteiger partial charge in [-0.1, -0.05) is 0 Å². The zero-order chi connectivity index (χ0) is 10.3. The van der Waals surface area contributed by atoms with Gasteiger partial charge in [0.2, 0.25) is 0 Å². The normalized spacial score (nSPS) is 10.6. The minimum atomic E-state index is -0.550. The number of nitro groups is 1. The lowest BCUT2D eigenvalue weighted by molar-refractivity contribution is -0.384. The van der Waals surface area contributed by atoms with Gasteiger partial charge in [0.15, 0.2) is 5.13 Å². The molecule has 1 aromatic heterocycles. The first-order valence-electron chi connectivity index (χ1n) is 3.71. The molecule has 0 spiro atoms. The van der Waals surface area contributed by atoms with Crippen LogP contribution in [-0.4, -0.2) is 4.92 Å². The maximum absolute atomic E-state index is 12.8. The minimum Gasteiger partial charge on any atom is -0.397 e. The van der Waals surface area contributed by atoms with Crippen molar-refractivity contribution in [3.8, 4) is 0 Å². The maximum Gasteiger partial charge on any atom is 0.272 e. The number of anilines is 1. The topological polar surface area (TPSA) is 69.2 Å². The van der Waals surface area contributed by atoms with Gasteiger partial charge in [-0.3, -0.25) is 10.1 Å². The Morgan fingerprint density at radius 2 is 2.14 bits per heavy atom. The predicted octanol–water partition coefficient (Wildman–Crippen LogP) is 2.53. The molecule has 0 radical (unpaired) electrons. The lowest BCUT2D eigenvalue weighted by Crippen LogP contribution is -1.90. The molecule has 0 amide bonds. The van der Waals surface area contributed by atoms with Crippen LogP contribution in [0.25, 0.3) is 10.1 Å². The van der Waals surface area contributed by atoms with E-state index in [4.69, 9.17) is 5.73 Å². The largest absolute Gasteiger partial charge is 0.397 e. The van der Waals surface area contributed by atoms with Gasteiger partial charge in [-0.05, 0) is 6.07 Å². The summed E-state index contributed by atoms with van der Waals surface area (Å²) in [4.78, 5) is 9.91. The number of halogens is 1. The lowest BCUT2D eigenvalue weighted by atomic mass is 10.2. The van der Waals surface area contributed by atoms with Gasteiger partial charge in [0.25, 0.3) is 5.69 Å². The molecule has 1 aromatic carbocycles. The molecule has 2 N–H and O–H groups in total. The average molecular weight is 212 g/mol. The van der Waals surface area contributed by atoms with E-state index in [-0.39, 0.29) is 11.4 Å². The second kappa shape index (κ2) is 2.91. The van der Waals surface area contributed by atoms with Gasteiger partial charge in [0, 0.05) is 17.5 Å². The van der Waals surface area contributed by atoms with E-state index in [1.807, 2.05) is 0 Å². The molecule has 0 fully saturated rings. The minimum absolute atomic E-state index is 0.118. The quantitative estimate of drug-likeness (QED) is 0.448. The van der Waals surface area contributed by atoms with Crippen LogP contribution in [0.5, 0.6) is 0 Å². The third kappa shape index (κ3) is 1.29. The van der Waals surface area contributed by atoms with Crippen molar-refractivity contribution in [2.24, 2.45) is 0 Å². The summed E-state index contributed by atoms with van der Waals surface area (Å²) in [7, 11) is 0. The van der Waals surface area contributed by atoms with E-state index in [1.54, 1.807) is 0 Å². The number of hydrogen-bond donors (Lipinski definition) is 1. The van der Waals surface area contributed by atoms with Crippen molar-refractivity contribution in [2.45, 2.75) is 0 Å². The number of nitrogen functional groups attached to an aromatic ring is 1. The summed E-state index contributed by atoms with van der Waals surface area (Å²) in [6.07, 6.45) is 0. The molecular weight excluding hydrogens is 207 g/mol. The Bertz CT molecular complexity index is 523. The molecule has 72 valence electrons. The molecule has 0 saturated carbocycles. The standard InChI is InChI=1S/C8H5FN2O2S/c9-7-2-4-1-5(11(12)13)3-6(10)8(4)14-7/h1-3H,10H2. The maximum atomic E-state index is 12.8. The Kier molecular flexibility index (Phi) is 1.85. The summed E-state index contributed by atoms with van der Waals surface area (Å²) in [5.41, 5.74) is 5.67. The number of nitro benzene ring substituents is 1. The first-order valence-corrected chi connectivity index (χ1v) is 4.52. The van der Waals surface area contributed by atoms with Crippen molar-refractivity contribution in [2.75, 3.05) is 5.73 Å². The zero-order valence-electron chi connectivity index (χ0n) is 6.86. The highest BCUT2D eigenvalue weighted by molar-refractivity contribution is 7.18. The Labute approximate surface area is 81.9 Å². The number of thiophene rings is 1. The molecule has 0 bridgehead atoms. The first kappa shape index (κ1) is 8.89. The van der Waals surface area contributed by atoms with Crippen LogP contribution in [-0.2, 0) is 0 Å². The van der Waals surface area contributed by atoms with Crippen molar-refractivity contribution in [1.82, 2.24) is 0 Å². The predicted molar refractivity (Wildman–Crippen MR) is 52.8 cm³/mol. The fourth-order valence-corrected chi connectivity index (χ4v) is 2.03. The van der Waals surface area contributed by atoms with Crippen molar-refractivity contribution in [1.29, 1.82) is 0 Å². The molecule has 0 aliphatic carbocycles. The van der Waals surface area contributed by atoms with E-state index < -0.39 is 10.1 Å². The van der Waals surface area contributed by atoms with Crippen molar-refractivity contribution >= 4 is 32.8 Å².